The standard InChI is InChI=1S/C22H31N5O/c1-2-11-28-12-3-4-20-14-22(26-16-25-20)27-21-13-18(5-6-19(21)15-23)17-7-9-24-10-8-17/h5-6,13-17,23-24H,2-4,7-12H2,1H3,(H,25,26,27). The molecule has 2 aromatic rings. The van der Waals surface area contributed by atoms with Crippen LogP contribution in [0.2, 0.25) is 0 Å². The molecule has 3 rings (SSSR count). The molecule has 1 fully saturated rings. The molecule has 150 valence electrons. The monoisotopic (exact) mass is 381 g/mol. The van der Waals surface area contributed by atoms with Crippen molar-refractivity contribution in [2.75, 3.05) is 31.6 Å². The molecule has 1 aliphatic heterocycles. The van der Waals surface area contributed by atoms with Crippen LogP contribution in [0.3, 0.4) is 0 Å². The molecule has 1 aromatic heterocycles. The van der Waals surface area contributed by atoms with E-state index in [1.807, 2.05) is 12.1 Å². The Bertz CT molecular complexity index is 758. The molecule has 0 unspecified atom stereocenters. The zero-order valence-electron chi connectivity index (χ0n) is 16.7. The molecule has 3 N–H and O–H groups in total. The molecule has 0 amide bonds. The highest BCUT2D eigenvalue weighted by atomic mass is 16.5. The van der Waals surface area contributed by atoms with Crippen LogP contribution in [0.4, 0.5) is 11.5 Å². The van der Waals surface area contributed by atoms with Crippen LogP contribution in [0.15, 0.2) is 30.6 Å². The van der Waals surface area contributed by atoms with E-state index >= 15 is 0 Å². The molecule has 0 bridgehead atoms. The molecule has 1 aromatic carbocycles. The largest absolute Gasteiger partial charge is 0.381 e. The van der Waals surface area contributed by atoms with Gasteiger partial charge in [0.25, 0.3) is 0 Å². The number of hydrogen-bond donors (Lipinski definition) is 3. The van der Waals surface area contributed by atoms with Gasteiger partial charge in [0, 0.05) is 42.4 Å². The third-order valence-corrected chi connectivity index (χ3v) is 5.10. The molecule has 1 aliphatic rings. The lowest BCUT2D eigenvalue weighted by molar-refractivity contribution is 0.132. The van der Waals surface area contributed by atoms with Gasteiger partial charge in [-0.25, -0.2) is 9.97 Å². The minimum atomic E-state index is 0.575. The van der Waals surface area contributed by atoms with Crippen molar-refractivity contribution in [2.24, 2.45) is 0 Å². The lowest BCUT2D eigenvalue weighted by Gasteiger charge is -2.24. The Labute approximate surface area is 167 Å². The van der Waals surface area contributed by atoms with Crippen LogP contribution in [0.5, 0.6) is 0 Å². The maximum Gasteiger partial charge on any atom is 0.134 e. The highest BCUT2D eigenvalue weighted by molar-refractivity contribution is 5.87. The fraction of sp³-hybridized carbons (Fsp3) is 0.500. The molecule has 0 saturated carbocycles. The first kappa shape index (κ1) is 20.4. The Morgan fingerprint density at radius 2 is 2.07 bits per heavy atom. The lowest BCUT2D eigenvalue weighted by Crippen LogP contribution is -2.26. The third-order valence-electron chi connectivity index (χ3n) is 5.10. The summed E-state index contributed by atoms with van der Waals surface area (Å²) in [5.74, 6) is 1.34. The minimum Gasteiger partial charge on any atom is -0.381 e. The van der Waals surface area contributed by atoms with Crippen LogP contribution in [-0.2, 0) is 11.2 Å². The van der Waals surface area contributed by atoms with E-state index in [4.69, 9.17) is 10.1 Å². The van der Waals surface area contributed by atoms with Gasteiger partial charge in [0.05, 0.1) is 0 Å². The van der Waals surface area contributed by atoms with E-state index in [0.29, 0.717) is 5.92 Å². The molecule has 0 radical (unpaired) electrons. The van der Waals surface area contributed by atoms with Gasteiger partial charge in [0.1, 0.15) is 12.1 Å². The smallest absolute Gasteiger partial charge is 0.134 e. The van der Waals surface area contributed by atoms with Crippen molar-refractivity contribution in [2.45, 2.75) is 44.9 Å². The maximum absolute atomic E-state index is 7.73. The molecular weight excluding hydrogens is 350 g/mol. The molecule has 0 spiro atoms. The Kier molecular flexibility index (Phi) is 7.94. The highest BCUT2D eigenvalue weighted by Gasteiger charge is 2.16. The Hall–Kier alpha value is -2.31. The van der Waals surface area contributed by atoms with Crippen LogP contribution in [0.1, 0.15) is 55.3 Å². The number of nitrogens with one attached hydrogen (secondary N) is 3. The summed E-state index contributed by atoms with van der Waals surface area (Å²) in [5, 5.41) is 14.6. The summed E-state index contributed by atoms with van der Waals surface area (Å²) in [6.45, 7) is 5.83. The summed E-state index contributed by atoms with van der Waals surface area (Å²) < 4.78 is 5.54. The van der Waals surface area contributed by atoms with Crippen molar-refractivity contribution in [3.8, 4) is 0 Å². The number of aryl methyl sites for hydroxylation is 1. The summed E-state index contributed by atoms with van der Waals surface area (Å²) in [7, 11) is 0. The van der Waals surface area contributed by atoms with Gasteiger partial charge in [-0.15, -0.1) is 0 Å². The van der Waals surface area contributed by atoms with E-state index < -0.39 is 0 Å². The SMILES string of the molecule is CCCOCCCc1cc(Nc2cc(C3CCNCC3)ccc2C=N)ncn1. The summed E-state index contributed by atoms with van der Waals surface area (Å²) in [6, 6.07) is 8.35. The van der Waals surface area contributed by atoms with Gasteiger partial charge in [-0.2, -0.15) is 0 Å². The molecule has 2 heterocycles. The van der Waals surface area contributed by atoms with E-state index in [9.17, 15) is 0 Å². The lowest BCUT2D eigenvalue weighted by atomic mass is 9.89. The maximum atomic E-state index is 7.73. The van der Waals surface area contributed by atoms with Gasteiger partial charge >= 0.3 is 0 Å². The van der Waals surface area contributed by atoms with Gasteiger partial charge in [-0.3, -0.25) is 0 Å². The second kappa shape index (κ2) is 10.9. The fourth-order valence-electron chi connectivity index (χ4n) is 3.56. The van der Waals surface area contributed by atoms with Crippen LogP contribution in [0, 0.1) is 5.41 Å². The minimum absolute atomic E-state index is 0.575. The quantitative estimate of drug-likeness (QED) is 0.427. The molecule has 0 aliphatic carbocycles. The van der Waals surface area contributed by atoms with Crippen molar-refractivity contribution in [1.82, 2.24) is 15.3 Å². The summed E-state index contributed by atoms with van der Waals surface area (Å²) in [4.78, 5) is 8.75. The number of ether oxygens (including phenoxy) is 1. The first-order chi connectivity index (χ1) is 13.8. The van der Waals surface area contributed by atoms with E-state index in [1.165, 1.54) is 11.8 Å². The second-order valence-electron chi connectivity index (χ2n) is 7.25. The van der Waals surface area contributed by atoms with Crippen LogP contribution in [0.25, 0.3) is 0 Å². The number of hydrogen-bond acceptors (Lipinski definition) is 6. The van der Waals surface area contributed by atoms with Crippen molar-refractivity contribution in [1.29, 1.82) is 5.41 Å². The van der Waals surface area contributed by atoms with Crippen LogP contribution < -0.4 is 10.6 Å². The average molecular weight is 382 g/mol. The molecule has 6 nitrogen and oxygen atoms in total. The third kappa shape index (κ3) is 5.84. The van der Waals surface area contributed by atoms with E-state index in [-0.39, 0.29) is 0 Å². The highest BCUT2D eigenvalue weighted by Crippen LogP contribution is 2.29. The fourth-order valence-corrected chi connectivity index (χ4v) is 3.56. The van der Waals surface area contributed by atoms with Crippen LogP contribution in [-0.4, -0.2) is 42.5 Å². The molecule has 28 heavy (non-hydrogen) atoms. The van der Waals surface area contributed by atoms with Gasteiger partial charge in [0.2, 0.25) is 0 Å². The average Bonchev–Trinajstić information content (AvgIpc) is 2.74. The first-order valence-corrected chi connectivity index (χ1v) is 10.3. The summed E-state index contributed by atoms with van der Waals surface area (Å²) in [5.41, 5.74) is 4.13. The predicted octanol–water partition coefficient (Wildman–Crippen LogP) is 4.04. The molecule has 6 heteroatoms. The van der Waals surface area contributed by atoms with E-state index in [1.54, 1.807) is 6.33 Å². The van der Waals surface area contributed by atoms with E-state index in [2.05, 4.69) is 39.7 Å². The zero-order valence-corrected chi connectivity index (χ0v) is 16.7. The number of piperidine rings is 1. The van der Waals surface area contributed by atoms with Gasteiger partial charge < -0.3 is 20.8 Å². The zero-order chi connectivity index (χ0) is 19.6. The normalized spacial score (nSPS) is 14.8. The van der Waals surface area contributed by atoms with Crippen LogP contribution >= 0.6 is 0 Å². The van der Waals surface area contributed by atoms with Gasteiger partial charge in [0.15, 0.2) is 0 Å². The molecule has 0 atom stereocenters. The number of benzene rings is 1. The molecular formula is C22H31N5O. The Morgan fingerprint density at radius 1 is 1.21 bits per heavy atom. The van der Waals surface area contributed by atoms with E-state index in [0.717, 1.165) is 81.2 Å². The summed E-state index contributed by atoms with van der Waals surface area (Å²) in [6.07, 6.45) is 8.17. The van der Waals surface area contributed by atoms with Crippen molar-refractivity contribution in [3.63, 3.8) is 0 Å². The number of anilines is 2. The predicted molar refractivity (Wildman–Crippen MR) is 114 cm³/mol. The molecule has 1 saturated heterocycles. The Morgan fingerprint density at radius 3 is 2.86 bits per heavy atom. The number of aromatic nitrogens is 2. The first-order valence-electron chi connectivity index (χ1n) is 10.3. The van der Waals surface area contributed by atoms with Gasteiger partial charge in [-0.05, 0) is 62.7 Å². The van der Waals surface area contributed by atoms with Crippen molar-refractivity contribution in [3.05, 3.63) is 47.4 Å². The summed E-state index contributed by atoms with van der Waals surface area (Å²) >= 11 is 0. The topological polar surface area (TPSA) is 82.9 Å². The van der Waals surface area contributed by atoms with Crippen molar-refractivity contribution >= 4 is 17.7 Å². The Balaban J connectivity index is 1.68. The number of rotatable bonds is 10. The van der Waals surface area contributed by atoms with Crippen molar-refractivity contribution < 1.29 is 4.74 Å². The van der Waals surface area contributed by atoms with Gasteiger partial charge in [-0.1, -0.05) is 19.1 Å². The number of nitrogens with zero attached hydrogens (tertiary/aromatic N) is 2. The second-order valence-corrected chi connectivity index (χ2v) is 7.25.